The van der Waals surface area contributed by atoms with Crippen LogP contribution in [0, 0.1) is 12.3 Å². The van der Waals surface area contributed by atoms with Gasteiger partial charge in [-0.05, 0) is 18.6 Å². The average molecular weight is 140 g/mol. The van der Waals surface area contributed by atoms with Crippen LogP contribution in [0.4, 0.5) is 0 Å². The van der Waals surface area contributed by atoms with E-state index in [0.29, 0.717) is 0 Å². The molecule has 0 saturated carbocycles. The van der Waals surface area contributed by atoms with Crippen LogP contribution in [0.1, 0.15) is 6.92 Å². The predicted octanol–water partition coefficient (Wildman–Crippen LogP) is 1.18. The normalized spacial score (nSPS) is 11.7. The van der Waals surface area contributed by atoms with Gasteiger partial charge in [0.2, 0.25) is 0 Å². The molecule has 0 aliphatic rings. The summed E-state index contributed by atoms with van der Waals surface area (Å²) in [4.78, 5) is 0. The molecule has 0 fully saturated rings. The molecule has 0 unspecified atom stereocenters. The summed E-state index contributed by atoms with van der Waals surface area (Å²) in [6, 6.07) is 0. The molecule has 0 radical (unpaired) electrons. The Morgan fingerprint density at radius 3 is 2.30 bits per heavy atom. The lowest BCUT2D eigenvalue weighted by Crippen LogP contribution is -2.09. The summed E-state index contributed by atoms with van der Waals surface area (Å²) in [5.41, 5.74) is 0.814. The lowest BCUT2D eigenvalue weighted by molar-refractivity contribution is -0.0669. The summed E-state index contributed by atoms with van der Waals surface area (Å²) in [5.74, 6) is 2.47. The molecule has 2 nitrogen and oxygen atoms in total. The molecular formula is C8H12O2. The van der Waals surface area contributed by atoms with Gasteiger partial charge in [-0.1, -0.05) is 5.92 Å². The van der Waals surface area contributed by atoms with Gasteiger partial charge >= 0.3 is 0 Å². The maximum atomic E-state index is 5.10. The molecule has 0 bridgehead atoms. The number of allylic oxidation sites excluding steroid dienone is 1. The van der Waals surface area contributed by atoms with E-state index < -0.39 is 0 Å². The van der Waals surface area contributed by atoms with Crippen LogP contribution < -0.4 is 0 Å². The zero-order valence-corrected chi connectivity index (χ0v) is 6.55. The number of terminal acetylenes is 1. The van der Waals surface area contributed by atoms with E-state index in [1.54, 1.807) is 20.3 Å². The fourth-order valence-corrected chi connectivity index (χ4v) is 0.485. The lowest BCUT2D eigenvalue weighted by atomic mass is 10.3. The van der Waals surface area contributed by atoms with Crippen LogP contribution in [-0.4, -0.2) is 20.5 Å². The maximum Gasteiger partial charge on any atom is 0.177 e. The molecule has 56 valence electrons. The van der Waals surface area contributed by atoms with E-state index in [1.807, 2.05) is 6.92 Å². The van der Waals surface area contributed by atoms with Crippen molar-refractivity contribution < 1.29 is 9.47 Å². The van der Waals surface area contributed by atoms with Crippen LogP contribution in [0.5, 0.6) is 0 Å². The van der Waals surface area contributed by atoms with Crippen molar-refractivity contribution in [3.8, 4) is 12.3 Å². The van der Waals surface area contributed by atoms with Gasteiger partial charge in [0.15, 0.2) is 6.29 Å². The Hall–Kier alpha value is -0.780. The lowest BCUT2D eigenvalue weighted by Gasteiger charge is -2.07. The molecular weight excluding hydrogens is 128 g/mol. The summed E-state index contributed by atoms with van der Waals surface area (Å²) in [6.45, 7) is 1.82. The number of rotatable bonds is 3. The number of hydrogen-bond donors (Lipinski definition) is 0. The molecule has 2 heteroatoms. The first-order chi connectivity index (χ1) is 4.74. The zero-order valence-electron chi connectivity index (χ0n) is 6.55. The average Bonchev–Trinajstić information content (AvgIpc) is 1.99. The largest absolute Gasteiger partial charge is 0.352 e. The Bertz CT molecular complexity index is 149. The van der Waals surface area contributed by atoms with Crippen LogP contribution in [0.3, 0.4) is 0 Å². The fourth-order valence-electron chi connectivity index (χ4n) is 0.485. The van der Waals surface area contributed by atoms with E-state index in [-0.39, 0.29) is 6.29 Å². The topological polar surface area (TPSA) is 18.5 Å². The highest BCUT2D eigenvalue weighted by Gasteiger charge is 1.98. The first-order valence-electron chi connectivity index (χ1n) is 2.95. The van der Waals surface area contributed by atoms with Crippen LogP contribution >= 0.6 is 0 Å². The molecule has 0 atom stereocenters. The van der Waals surface area contributed by atoms with Crippen LogP contribution in [-0.2, 0) is 9.47 Å². The zero-order chi connectivity index (χ0) is 7.98. The van der Waals surface area contributed by atoms with E-state index in [0.717, 1.165) is 5.57 Å². The number of methoxy groups -OCH3 is 2. The van der Waals surface area contributed by atoms with Crippen molar-refractivity contribution in [2.24, 2.45) is 0 Å². The number of ether oxygens (including phenoxy) is 2. The fraction of sp³-hybridized carbons (Fsp3) is 0.500. The van der Waals surface area contributed by atoms with E-state index in [9.17, 15) is 0 Å². The molecule has 0 aliphatic carbocycles. The van der Waals surface area contributed by atoms with Crippen LogP contribution in [0.25, 0.3) is 0 Å². The molecule has 0 amide bonds. The molecule has 0 heterocycles. The molecule has 0 aromatic carbocycles. The molecule has 0 N–H and O–H groups in total. The summed E-state index contributed by atoms with van der Waals surface area (Å²) in [6.07, 6.45) is 6.51. The number of hydrogen-bond acceptors (Lipinski definition) is 2. The highest BCUT2D eigenvalue weighted by Crippen LogP contribution is 1.97. The molecule has 0 rings (SSSR count). The highest BCUT2D eigenvalue weighted by atomic mass is 16.7. The second kappa shape index (κ2) is 5.04. The third-order valence-electron chi connectivity index (χ3n) is 1.08. The second-order valence-electron chi connectivity index (χ2n) is 1.83. The van der Waals surface area contributed by atoms with Crippen molar-refractivity contribution in [3.05, 3.63) is 11.6 Å². The Morgan fingerprint density at radius 2 is 2.00 bits per heavy atom. The standard InChI is InChI=1S/C8H12O2/c1-5-7(2)6-8(9-3)10-4/h1,6,8H,2-4H3. The minimum atomic E-state index is -0.323. The first kappa shape index (κ1) is 9.22. The third kappa shape index (κ3) is 3.29. The summed E-state index contributed by atoms with van der Waals surface area (Å²) in [7, 11) is 3.13. The minimum Gasteiger partial charge on any atom is -0.352 e. The smallest absolute Gasteiger partial charge is 0.177 e. The minimum absolute atomic E-state index is 0.323. The molecule has 0 spiro atoms. The molecule has 0 aromatic heterocycles. The van der Waals surface area contributed by atoms with Crippen molar-refractivity contribution in [2.75, 3.05) is 14.2 Å². The van der Waals surface area contributed by atoms with E-state index >= 15 is 0 Å². The third-order valence-corrected chi connectivity index (χ3v) is 1.08. The molecule has 0 aromatic rings. The van der Waals surface area contributed by atoms with Gasteiger partial charge in [-0.15, -0.1) is 6.42 Å². The van der Waals surface area contributed by atoms with E-state index in [4.69, 9.17) is 15.9 Å². The van der Waals surface area contributed by atoms with Crippen molar-refractivity contribution >= 4 is 0 Å². The van der Waals surface area contributed by atoms with Gasteiger partial charge in [0.25, 0.3) is 0 Å². The maximum absolute atomic E-state index is 5.10. The Kier molecular flexibility index (Phi) is 4.65. The molecule has 0 aliphatic heterocycles. The summed E-state index contributed by atoms with van der Waals surface area (Å²) in [5, 5.41) is 0. The Balaban J connectivity index is 3.96. The Labute approximate surface area is 61.8 Å². The van der Waals surface area contributed by atoms with Crippen molar-refractivity contribution in [3.63, 3.8) is 0 Å². The van der Waals surface area contributed by atoms with E-state index in [2.05, 4.69) is 5.92 Å². The predicted molar refractivity (Wildman–Crippen MR) is 40.4 cm³/mol. The quantitative estimate of drug-likeness (QED) is 0.433. The van der Waals surface area contributed by atoms with Gasteiger partial charge in [0.05, 0.1) is 0 Å². The SMILES string of the molecule is C#CC(C)=CC(OC)OC. The summed E-state index contributed by atoms with van der Waals surface area (Å²) < 4.78 is 9.76. The molecule has 10 heavy (non-hydrogen) atoms. The van der Waals surface area contributed by atoms with Gasteiger partial charge in [-0.2, -0.15) is 0 Å². The van der Waals surface area contributed by atoms with Gasteiger partial charge < -0.3 is 9.47 Å². The van der Waals surface area contributed by atoms with Gasteiger partial charge in [-0.25, -0.2) is 0 Å². The summed E-state index contributed by atoms with van der Waals surface area (Å²) >= 11 is 0. The first-order valence-corrected chi connectivity index (χ1v) is 2.95. The van der Waals surface area contributed by atoms with Gasteiger partial charge in [0.1, 0.15) is 0 Å². The van der Waals surface area contributed by atoms with Crippen LogP contribution in [0.2, 0.25) is 0 Å². The highest BCUT2D eigenvalue weighted by molar-refractivity contribution is 5.22. The van der Waals surface area contributed by atoms with Crippen molar-refractivity contribution in [1.29, 1.82) is 0 Å². The van der Waals surface area contributed by atoms with Gasteiger partial charge in [-0.3, -0.25) is 0 Å². The van der Waals surface area contributed by atoms with Crippen molar-refractivity contribution in [2.45, 2.75) is 13.2 Å². The monoisotopic (exact) mass is 140 g/mol. The molecule has 0 saturated heterocycles. The van der Waals surface area contributed by atoms with Crippen LogP contribution in [0.15, 0.2) is 11.6 Å². The Morgan fingerprint density at radius 1 is 1.50 bits per heavy atom. The van der Waals surface area contributed by atoms with E-state index in [1.165, 1.54) is 0 Å². The second-order valence-corrected chi connectivity index (χ2v) is 1.83. The van der Waals surface area contributed by atoms with Gasteiger partial charge in [0, 0.05) is 14.2 Å². The van der Waals surface area contributed by atoms with Crippen molar-refractivity contribution in [1.82, 2.24) is 0 Å².